The Kier molecular flexibility index (Phi) is 6.66. The smallest absolute Gasteiger partial charge is 0.355 e. The normalized spacial score (nSPS) is 13.6. The van der Waals surface area contributed by atoms with Crippen LogP contribution < -0.4 is 21.8 Å². The molecule has 4 aromatic rings. The van der Waals surface area contributed by atoms with E-state index in [1.54, 1.807) is 35.2 Å². The molecule has 0 saturated carbocycles. The van der Waals surface area contributed by atoms with Crippen molar-refractivity contribution in [2.45, 2.75) is 25.9 Å². The van der Waals surface area contributed by atoms with Crippen molar-refractivity contribution >= 4 is 17.6 Å². The molecule has 2 N–H and O–H groups in total. The van der Waals surface area contributed by atoms with Gasteiger partial charge in [-0.3, -0.25) is 38.8 Å². The largest absolute Gasteiger partial charge is 0.360 e. The molecule has 0 aliphatic carbocycles. The molecule has 6 rings (SSSR count). The third kappa shape index (κ3) is 4.91. The van der Waals surface area contributed by atoms with Gasteiger partial charge in [-0.05, 0) is 37.1 Å². The maximum absolute atomic E-state index is 12.3. The highest BCUT2D eigenvalue weighted by atomic mass is 16.6. The van der Waals surface area contributed by atoms with Crippen LogP contribution in [-0.4, -0.2) is 47.1 Å². The summed E-state index contributed by atoms with van der Waals surface area (Å²) >= 11 is 0. The van der Waals surface area contributed by atoms with Gasteiger partial charge in [0.1, 0.15) is 0 Å². The second-order valence-corrected chi connectivity index (χ2v) is 8.33. The Morgan fingerprint density at radius 1 is 0.811 bits per heavy atom. The van der Waals surface area contributed by atoms with Gasteiger partial charge in [0, 0.05) is 68.2 Å². The number of nitrogens with one attached hydrogen (secondary N) is 2. The van der Waals surface area contributed by atoms with E-state index in [-0.39, 0.29) is 11.3 Å². The molecule has 13 heteroatoms. The van der Waals surface area contributed by atoms with Crippen LogP contribution in [0.4, 0.5) is 17.6 Å². The Morgan fingerprint density at radius 3 is 2.00 bits per heavy atom. The molecular weight excluding hydrogens is 478 g/mol. The lowest BCUT2D eigenvalue weighted by Crippen LogP contribution is -2.32. The van der Waals surface area contributed by atoms with Crippen LogP contribution in [0.15, 0.2) is 64.7 Å². The molecule has 0 fully saturated rings. The van der Waals surface area contributed by atoms with Crippen molar-refractivity contribution in [3.8, 4) is 22.5 Å². The lowest BCUT2D eigenvalue weighted by atomic mass is 10.1. The van der Waals surface area contributed by atoms with Gasteiger partial charge in [0.15, 0.2) is 5.69 Å². The number of hydrogen-bond donors (Lipinski definition) is 2. The number of fused-ring (bicyclic) bond motifs is 2. The zero-order chi connectivity index (χ0) is 25.8. The summed E-state index contributed by atoms with van der Waals surface area (Å²) in [6.45, 7) is 2.74. The number of aromatic nitrogens is 6. The van der Waals surface area contributed by atoms with E-state index in [9.17, 15) is 19.7 Å². The molecule has 0 amide bonds. The first-order valence-corrected chi connectivity index (χ1v) is 11.7. The molecule has 0 spiro atoms. The summed E-state index contributed by atoms with van der Waals surface area (Å²) in [4.78, 5) is 51.3. The third-order valence-corrected chi connectivity index (χ3v) is 5.95. The monoisotopic (exact) mass is 501 g/mol. The van der Waals surface area contributed by atoms with Crippen LogP contribution in [-0.2, 0) is 13.1 Å². The predicted molar refractivity (Wildman–Crippen MR) is 136 cm³/mol. The number of nitrogens with zero attached hydrogens (tertiary/aromatic N) is 7. The molecule has 2 aliphatic heterocycles. The van der Waals surface area contributed by atoms with Gasteiger partial charge in [0.2, 0.25) is 11.9 Å². The number of anilines is 2. The average molecular weight is 502 g/mol. The lowest BCUT2D eigenvalue weighted by molar-refractivity contribution is -0.386. The first kappa shape index (κ1) is 23.8. The molecule has 0 aromatic carbocycles. The fourth-order valence-electron chi connectivity index (χ4n) is 4.16. The molecule has 37 heavy (non-hydrogen) atoms. The molecule has 0 bridgehead atoms. The first-order chi connectivity index (χ1) is 18.0. The highest BCUT2D eigenvalue weighted by Crippen LogP contribution is 2.26. The van der Waals surface area contributed by atoms with Crippen molar-refractivity contribution in [2.24, 2.45) is 0 Å². The predicted octanol–water partition coefficient (Wildman–Crippen LogP) is 2.15. The van der Waals surface area contributed by atoms with Crippen molar-refractivity contribution in [3.05, 3.63) is 85.9 Å². The van der Waals surface area contributed by atoms with E-state index in [4.69, 9.17) is 0 Å². The summed E-state index contributed by atoms with van der Waals surface area (Å²) in [6.07, 6.45) is 8.10. The van der Waals surface area contributed by atoms with Crippen molar-refractivity contribution in [2.75, 3.05) is 23.7 Å². The van der Waals surface area contributed by atoms with Gasteiger partial charge in [0.25, 0.3) is 5.56 Å². The molecule has 4 aromatic heterocycles. The molecular formula is C24H23N9O4. The van der Waals surface area contributed by atoms with Gasteiger partial charge in [-0.25, -0.2) is 9.97 Å². The van der Waals surface area contributed by atoms with Crippen molar-refractivity contribution < 1.29 is 4.92 Å². The minimum atomic E-state index is -0.674. The van der Waals surface area contributed by atoms with E-state index in [0.29, 0.717) is 36.2 Å². The Balaban J connectivity index is 0.000000153. The lowest BCUT2D eigenvalue weighted by Gasteiger charge is -2.19. The van der Waals surface area contributed by atoms with Crippen LogP contribution in [0.3, 0.4) is 0 Å². The average Bonchev–Trinajstić information content (AvgIpc) is 2.94. The molecule has 0 atom stereocenters. The van der Waals surface area contributed by atoms with Gasteiger partial charge in [-0.15, -0.1) is 0 Å². The SMILES string of the molecule is O=c1c([N+](=O)[O-])c(-c2ccncc2)nc2n1CCCN2.O=c1cc(-c2ccncc2)nc2n1CCCN2. The van der Waals surface area contributed by atoms with Crippen LogP contribution in [0.5, 0.6) is 0 Å². The zero-order valence-electron chi connectivity index (χ0n) is 19.7. The minimum Gasteiger partial charge on any atom is -0.355 e. The highest BCUT2D eigenvalue weighted by molar-refractivity contribution is 5.69. The van der Waals surface area contributed by atoms with Crippen molar-refractivity contribution in [3.63, 3.8) is 0 Å². The van der Waals surface area contributed by atoms with Gasteiger partial charge in [0.05, 0.1) is 10.6 Å². The Hall–Kier alpha value is -4.94. The highest BCUT2D eigenvalue weighted by Gasteiger charge is 2.27. The summed E-state index contributed by atoms with van der Waals surface area (Å²) < 4.78 is 2.99. The van der Waals surface area contributed by atoms with Gasteiger partial charge < -0.3 is 10.6 Å². The molecule has 188 valence electrons. The van der Waals surface area contributed by atoms with Crippen LogP contribution >= 0.6 is 0 Å². The zero-order valence-corrected chi connectivity index (χ0v) is 19.7. The van der Waals surface area contributed by atoms with E-state index < -0.39 is 16.2 Å². The summed E-state index contributed by atoms with van der Waals surface area (Å²) in [5.41, 5.74) is 1.05. The first-order valence-electron chi connectivity index (χ1n) is 11.7. The van der Waals surface area contributed by atoms with E-state index >= 15 is 0 Å². The van der Waals surface area contributed by atoms with Gasteiger partial charge in [-0.2, -0.15) is 0 Å². The van der Waals surface area contributed by atoms with Gasteiger partial charge >= 0.3 is 11.2 Å². The third-order valence-electron chi connectivity index (χ3n) is 5.95. The molecule has 2 aliphatic rings. The molecule has 0 radical (unpaired) electrons. The van der Waals surface area contributed by atoms with Crippen LogP contribution in [0.25, 0.3) is 22.5 Å². The van der Waals surface area contributed by atoms with E-state index in [1.807, 2.05) is 12.1 Å². The fourth-order valence-corrected chi connectivity index (χ4v) is 4.16. The van der Waals surface area contributed by atoms with Crippen LogP contribution in [0.1, 0.15) is 12.8 Å². The summed E-state index contributed by atoms with van der Waals surface area (Å²) in [6, 6.07) is 8.46. The maximum atomic E-state index is 12.3. The Bertz CT molecular complexity index is 1550. The second-order valence-electron chi connectivity index (χ2n) is 8.33. The Morgan fingerprint density at radius 2 is 1.38 bits per heavy atom. The van der Waals surface area contributed by atoms with Crippen molar-refractivity contribution in [1.82, 2.24) is 29.1 Å². The summed E-state index contributed by atoms with van der Waals surface area (Å²) in [5, 5.41) is 17.4. The maximum Gasteiger partial charge on any atom is 0.360 e. The molecule has 6 heterocycles. The number of pyridine rings is 2. The summed E-state index contributed by atoms with van der Waals surface area (Å²) in [7, 11) is 0. The van der Waals surface area contributed by atoms with E-state index in [2.05, 4.69) is 30.6 Å². The molecule has 0 saturated heterocycles. The number of rotatable bonds is 3. The second kappa shape index (κ2) is 10.4. The minimum absolute atomic E-state index is 0.00554. The van der Waals surface area contributed by atoms with Crippen molar-refractivity contribution in [1.29, 1.82) is 0 Å². The molecule has 13 nitrogen and oxygen atoms in total. The fraction of sp³-hybridized carbons (Fsp3) is 0.250. The van der Waals surface area contributed by atoms with Crippen LogP contribution in [0.2, 0.25) is 0 Å². The standard InChI is InChI=1S/C12H11N5O3.C12H12N4O/c18-11-10(17(19)20)9(8-2-5-13-6-3-8)15-12-14-4-1-7-16(11)12;17-11-8-10(9-2-5-13-6-3-9)15-12-14-4-1-7-16(11)12/h2-3,5-6H,1,4,7H2,(H,14,15);2-3,5-6,8H,1,4,7H2,(H,14,15). The number of hydrogen-bond acceptors (Lipinski definition) is 10. The Labute approximate surface area is 210 Å². The van der Waals surface area contributed by atoms with Gasteiger partial charge in [-0.1, -0.05) is 0 Å². The number of nitro groups is 1. The van der Waals surface area contributed by atoms with E-state index in [0.717, 1.165) is 31.5 Å². The summed E-state index contributed by atoms with van der Waals surface area (Å²) in [5.74, 6) is 1.04. The van der Waals surface area contributed by atoms with E-state index in [1.165, 1.54) is 17.0 Å². The molecule has 0 unspecified atom stereocenters. The quantitative estimate of drug-likeness (QED) is 0.314. The topological polar surface area (TPSA) is 163 Å². The van der Waals surface area contributed by atoms with Crippen LogP contribution in [0, 0.1) is 10.1 Å².